The van der Waals surface area contributed by atoms with Gasteiger partial charge in [-0.1, -0.05) is 11.6 Å². The standard InChI is InChI=1S/C13H12ClNO3/c1-8-9(14)6-10-12(18-5-4-17-10)11(8)13(2-3-13)15-7-16/h6H,2-5H2,1H3. The van der Waals surface area contributed by atoms with Gasteiger partial charge in [0.05, 0.1) is 0 Å². The summed E-state index contributed by atoms with van der Waals surface area (Å²) in [6.07, 6.45) is 3.30. The van der Waals surface area contributed by atoms with E-state index in [2.05, 4.69) is 4.99 Å². The molecule has 1 aliphatic carbocycles. The second-order valence-corrected chi connectivity index (χ2v) is 5.02. The number of hydrogen-bond acceptors (Lipinski definition) is 4. The van der Waals surface area contributed by atoms with Crippen LogP contribution in [0, 0.1) is 6.92 Å². The summed E-state index contributed by atoms with van der Waals surface area (Å²) in [4.78, 5) is 14.5. The molecule has 5 heteroatoms. The molecule has 0 radical (unpaired) electrons. The van der Waals surface area contributed by atoms with Crippen molar-refractivity contribution in [1.82, 2.24) is 0 Å². The molecule has 94 valence electrons. The van der Waals surface area contributed by atoms with E-state index in [4.69, 9.17) is 21.1 Å². The third-order valence-corrected chi connectivity index (χ3v) is 3.87. The van der Waals surface area contributed by atoms with Gasteiger partial charge in [0.15, 0.2) is 11.5 Å². The number of halogens is 1. The zero-order chi connectivity index (χ0) is 12.8. The van der Waals surface area contributed by atoms with Crippen molar-refractivity contribution in [2.45, 2.75) is 25.3 Å². The molecule has 1 heterocycles. The number of ether oxygens (including phenoxy) is 2. The van der Waals surface area contributed by atoms with Crippen LogP contribution < -0.4 is 9.47 Å². The molecule has 2 aliphatic rings. The molecule has 0 N–H and O–H groups in total. The number of rotatable bonds is 2. The Bertz CT molecular complexity index is 560. The van der Waals surface area contributed by atoms with Crippen LogP contribution in [-0.2, 0) is 10.3 Å². The Balaban J connectivity index is 2.24. The van der Waals surface area contributed by atoms with Crippen LogP contribution in [0.3, 0.4) is 0 Å². The summed E-state index contributed by atoms with van der Waals surface area (Å²) >= 11 is 6.21. The van der Waals surface area contributed by atoms with Gasteiger partial charge in [0.25, 0.3) is 0 Å². The van der Waals surface area contributed by atoms with E-state index in [1.165, 1.54) is 0 Å². The molecule has 0 atom stereocenters. The molecular weight excluding hydrogens is 254 g/mol. The molecule has 0 amide bonds. The first-order chi connectivity index (χ1) is 8.68. The summed E-state index contributed by atoms with van der Waals surface area (Å²) in [6.45, 7) is 2.92. The van der Waals surface area contributed by atoms with Gasteiger partial charge >= 0.3 is 0 Å². The van der Waals surface area contributed by atoms with E-state index < -0.39 is 5.54 Å². The second kappa shape index (κ2) is 4.01. The lowest BCUT2D eigenvalue weighted by atomic mass is 9.97. The van der Waals surface area contributed by atoms with Gasteiger partial charge in [-0.15, -0.1) is 0 Å². The van der Waals surface area contributed by atoms with Crippen molar-refractivity contribution in [2.75, 3.05) is 13.2 Å². The molecule has 0 saturated heterocycles. The minimum absolute atomic E-state index is 0.498. The van der Waals surface area contributed by atoms with E-state index in [0.29, 0.717) is 29.7 Å². The van der Waals surface area contributed by atoms with Crippen LogP contribution in [0.25, 0.3) is 0 Å². The number of carbonyl (C=O) groups excluding carboxylic acids is 1. The zero-order valence-corrected chi connectivity index (χ0v) is 10.7. The van der Waals surface area contributed by atoms with Gasteiger partial charge in [0, 0.05) is 16.7 Å². The van der Waals surface area contributed by atoms with Crippen molar-refractivity contribution in [1.29, 1.82) is 0 Å². The number of nitrogens with zero attached hydrogens (tertiary/aromatic N) is 1. The smallest absolute Gasteiger partial charge is 0.235 e. The predicted octanol–water partition coefficient (Wildman–Crippen LogP) is 2.74. The lowest BCUT2D eigenvalue weighted by molar-refractivity contribution is 0.168. The average Bonchev–Trinajstić information content (AvgIpc) is 3.12. The van der Waals surface area contributed by atoms with Crippen LogP contribution in [0.5, 0.6) is 11.5 Å². The first-order valence-corrected chi connectivity index (χ1v) is 6.24. The van der Waals surface area contributed by atoms with E-state index >= 15 is 0 Å². The first-order valence-electron chi connectivity index (χ1n) is 5.86. The first kappa shape index (κ1) is 11.6. The minimum Gasteiger partial charge on any atom is -0.486 e. The number of fused-ring (bicyclic) bond motifs is 1. The highest BCUT2D eigenvalue weighted by Crippen LogP contribution is 2.56. The largest absolute Gasteiger partial charge is 0.486 e. The Morgan fingerprint density at radius 2 is 2.11 bits per heavy atom. The number of isocyanates is 1. The number of benzene rings is 1. The summed E-state index contributed by atoms with van der Waals surface area (Å²) in [5.74, 6) is 1.32. The fourth-order valence-electron chi connectivity index (χ4n) is 2.43. The van der Waals surface area contributed by atoms with Gasteiger partial charge < -0.3 is 9.47 Å². The Morgan fingerprint density at radius 1 is 1.39 bits per heavy atom. The maximum absolute atomic E-state index is 10.6. The van der Waals surface area contributed by atoms with Crippen molar-refractivity contribution in [3.05, 3.63) is 22.2 Å². The van der Waals surface area contributed by atoms with E-state index in [9.17, 15) is 4.79 Å². The topological polar surface area (TPSA) is 47.9 Å². The highest BCUT2D eigenvalue weighted by molar-refractivity contribution is 6.31. The Labute approximate surface area is 110 Å². The average molecular weight is 266 g/mol. The fraction of sp³-hybridized carbons (Fsp3) is 0.462. The minimum atomic E-state index is -0.498. The normalized spacial score (nSPS) is 19.0. The molecule has 0 unspecified atom stereocenters. The molecule has 18 heavy (non-hydrogen) atoms. The monoisotopic (exact) mass is 265 g/mol. The van der Waals surface area contributed by atoms with Gasteiger partial charge in [-0.25, -0.2) is 4.79 Å². The Morgan fingerprint density at radius 3 is 2.78 bits per heavy atom. The van der Waals surface area contributed by atoms with E-state index in [1.54, 1.807) is 12.1 Å². The van der Waals surface area contributed by atoms with Gasteiger partial charge in [-0.2, -0.15) is 4.99 Å². The molecular formula is C13H12ClNO3. The summed E-state index contributed by atoms with van der Waals surface area (Å²) < 4.78 is 11.2. The van der Waals surface area contributed by atoms with Crippen molar-refractivity contribution in [3.63, 3.8) is 0 Å². The quantitative estimate of drug-likeness (QED) is 0.610. The van der Waals surface area contributed by atoms with Crippen LogP contribution in [0.2, 0.25) is 5.02 Å². The number of hydrogen-bond donors (Lipinski definition) is 0. The summed E-state index contributed by atoms with van der Waals surface area (Å²) in [5, 5.41) is 0.613. The van der Waals surface area contributed by atoms with Crippen LogP contribution in [0.4, 0.5) is 0 Å². The van der Waals surface area contributed by atoms with E-state index in [0.717, 1.165) is 24.0 Å². The van der Waals surface area contributed by atoms with Crippen LogP contribution >= 0.6 is 11.6 Å². The molecule has 0 aromatic heterocycles. The summed E-state index contributed by atoms with van der Waals surface area (Å²) in [7, 11) is 0. The third kappa shape index (κ3) is 1.61. The molecule has 1 aromatic carbocycles. The molecule has 1 saturated carbocycles. The molecule has 0 bridgehead atoms. The fourth-order valence-corrected chi connectivity index (χ4v) is 2.63. The highest BCUT2D eigenvalue weighted by Gasteiger charge is 2.49. The maximum Gasteiger partial charge on any atom is 0.235 e. The molecule has 3 rings (SSSR count). The zero-order valence-electron chi connectivity index (χ0n) is 9.96. The Hall–Kier alpha value is -1.51. The van der Waals surface area contributed by atoms with E-state index in [-0.39, 0.29) is 0 Å². The predicted molar refractivity (Wildman–Crippen MR) is 66.2 cm³/mol. The molecule has 1 aromatic rings. The number of aliphatic imine (C=N–C) groups is 1. The van der Waals surface area contributed by atoms with Gasteiger partial charge in [0.1, 0.15) is 18.8 Å². The highest BCUT2D eigenvalue weighted by atomic mass is 35.5. The molecule has 4 nitrogen and oxygen atoms in total. The van der Waals surface area contributed by atoms with Gasteiger partial charge in [-0.05, 0) is 25.3 Å². The van der Waals surface area contributed by atoms with Crippen molar-refractivity contribution in [2.24, 2.45) is 4.99 Å². The third-order valence-electron chi connectivity index (χ3n) is 3.48. The maximum atomic E-state index is 10.6. The summed E-state index contributed by atoms with van der Waals surface area (Å²) in [5.41, 5.74) is 1.28. The van der Waals surface area contributed by atoms with Crippen LogP contribution in [-0.4, -0.2) is 19.3 Å². The Kier molecular flexibility index (Phi) is 2.58. The lowest BCUT2D eigenvalue weighted by Crippen LogP contribution is -2.19. The summed E-state index contributed by atoms with van der Waals surface area (Å²) in [6, 6.07) is 1.76. The van der Waals surface area contributed by atoms with E-state index in [1.807, 2.05) is 6.92 Å². The van der Waals surface area contributed by atoms with Gasteiger partial charge in [-0.3, -0.25) is 0 Å². The van der Waals surface area contributed by atoms with Crippen molar-refractivity contribution >= 4 is 17.7 Å². The van der Waals surface area contributed by atoms with Gasteiger partial charge in [0.2, 0.25) is 6.08 Å². The second-order valence-electron chi connectivity index (χ2n) is 4.62. The lowest BCUT2D eigenvalue weighted by Gasteiger charge is -2.25. The van der Waals surface area contributed by atoms with Crippen LogP contribution in [0.1, 0.15) is 24.0 Å². The molecule has 1 aliphatic heterocycles. The SMILES string of the molecule is Cc1c(Cl)cc2c(c1C1(N=C=O)CC1)OCCO2. The van der Waals surface area contributed by atoms with Crippen LogP contribution in [0.15, 0.2) is 11.1 Å². The van der Waals surface area contributed by atoms with Crippen molar-refractivity contribution in [3.8, 4) is 11.5 Å². The molecule has 1 fully saturated rings. The molecule has 0 spiro atoms. The van der Waals surface area contributed by atoms with Crippen molar-refractivity contribution < 1.29 is 14.3 Å².